The van der Waals surface area contributed by atoms with Crippen molar-refractivity contribution < 1.29 is 40.7 Å². The first-order valence-electron chi connectivity index (χ1n) is 7.51. The van der Waals surface area contributed by atoms with E-state index < -0.39 is 35.2 Å². The van der Waals surface area contributed by atoms with Crippen molar-refractivity contribution in [2.45, 2.75) is 12.4 Å². The summed E-state index contributed by atoms with van der Waals surface area (Å²) in [6.45, 7) is 0. The van der Waals surface area contributed by atoms with Crippen LogP contribution in [-0.4, -0.2) is 21.3 Å². The van der Waals surface area contributed by atoms with Gasteiger partial charge in [0.05, 0.1) is 16.7 Å². The molecule has 0 atom stereocenters. The van der Waals surface area contributed by atoms with Gasteiger partial charge in [0.1, 0.15) is 0 Å². The molecular formula is C17H10F6N2O4. The lowest BCUT2D eigenvalue weighted by Crippen LogP contribution is -2.05. The van der Waals surface area contributed by atoms with Gasteiger partial charge in [0, 0.05) is 5.56 Å². The lowest BCUT2D eigenvalue weighted by molar-refractivity contribution is -0.138. The maximum atomic E-state index is 12.2. The zero-order chi connectivity index (χ0) is 21.8. The van der Waals surface area contributed by atoms with Crippen LogP contribution in [0.15, 0.2) is 57.7 Å². The Balaban J connectivity index is 0.000000212. The van der Waals surface area contributed by atoms with Gasteiger partial charge in [-0.1, -0.05) is 0 Å². The molecule has 1 heterocycles. The van der Waals surface area contributed by atoms with Crippen LogP contribution in [0.1, 0.15) is 21.5 Å². The Hall–Kier alpha value is -3.57. The molecule has 1 aromatic heterocycles. The summed E-state index contributed by atoms with van der Waals surface area (Å²) >= 11 is 0. The Morgan fingerprint density at radius 1 is 0.862 bits per heavy atom. The van der Waals surface area contributed by atoms with Crippen LogP contribution in [0.25, 0.3) is 11.5 Å². The second kappa shape index (κ2) is 8.20. The highest BCUT2D eigenvalue weighted by atomic mass is 19.4. The monoisotopic (exact) mass is 420 g/mol. The minimum Gasteiger partial charge on any atom is -0.478 e. The van der Waals surface area contributed by atoms with Gasteiger partial charge >= 0.3 is 24.1 Å². The van der Waals surface area contributed by atoms with E-state index >= 15 is 0 Å². The molecular weight excluding hydrogens is 410 g/mol. The highest BCUT2D eigenvalue weighted by Crippen LogP contribution is 2.30. The van der Waals surface area contributed by atoms with Gasteiger partial charge in [-0.05, 0) is 48.5 Å². The first-order chi connectivity index (χ1) is 13.4. The number of carbonyl (C=O) groups is 1. The Morgan fingerprint density at radius 2 is 1.31 bits per heavy atom. The summed E-state index contributed by atoms with van der Waals surface area (Å²) in [5.74, 6) is -2.04. The van der Waals surface area contributed by atoms with E-state index in [0.717, 1.165) is 36.4 Å². The summed E-state index contributed by atoms with van der Waals surface area (Å²) in [6.07, 6.45) is -8.80. The van der Waals surface area contributed by atoms with Gasteiger partial charge in [-0.3, -0.25) is 0 Å². The topological polar surface area (TPSA) is 96.2 Å². The molecule has 29 heavy (non-hydrogen) atoms. The molecule has 0 bridgehead atoms. The third-order valence-electron chi connectivity index (χ3n) is 3.36. The Labute approximate surface area is 157 Å². The number of alkyl halides is 6. The van der Waals surface area contributed by atoms with Crippen molar-refractivity contribution in [1.29, 1.82) is 0 Å². The van der Waals surface area contributed by atoms with Crippen LogP contribution in [0.3, 0.4) is 0 Å². The summed E-state index contributed by atoms with van der Waals surface area (Å²) in [6, 6.07) is 7.47. The quantitative estimate of drug-likeness (QED) is 0.597. The minimum atomic E-state index is -4.42. The maximum absolute atomic E-state index is 12.2. The number of rotatable bonds is 2. The van der Waals surface area contributed by atoms with Crippen molar-refractivity contribution in [1.82, 2.24) is 10.2 Å². The van der Waals surface area contributed by atoms with E-state index in [2.05, 4.69) is 9.52 Å². The number of carboxylic acids is 1. The predicted molar refractivity (Wildman–Crippen MR) is 86.0 cm³/mol. The number of aromatic carboxylic acids is 1. The number of carboxylic acid groups (broad SMARTS) is 1. The number of H-pyrrole nitrogens is 1. The van der Waals surface area contributed by atoms with Crippen molar-refractivity contribution in [3.05, 3.63) is 75.8 Å². The maximum Gasteiger partial charge on any atom is 0.434 e. The van der Waals surface area contributed by atoms with Crippen molar-refractivity contribution >= 4 is 5.97 Å². The number of aromatic nitrogens is 2. The molecule has 0 aliphatic rings. The molecule has 3 aromatic rings. The highest BCUT2D eigenvalue weighted by Gasteiger charge is 2.30. The summed E-state index contributed by atoms with van der Waals surface area (Å²) in [5, 5.41) is 13.9. The molecule has 2 N–H and O–H groups in total. The van der Waals surface area contributed by atoms with E-state index in [1.807, 2.05) is 5.10 Å². The van der Waals surface area contributed by atoms with Gasteiger partial charge in [-0.15, -0.1) is 5.10 Å². The van der Waals surface area contributed by atoms with Crippen LogP contribution in [0, 0.1) is 0 Å². The molecule has 154 valence electrons. The van der Waals surface area contributed by atoms with E-state index in [9.17, 15) is 35.9 Å². The molecule has 0 amide bonds. The third-order valence-corrected chi connectivity index (χ3v) is 3.36. The fraction of sp³-hybridized carbons (Fsp3) is 0.118. The summed E-state index contributed by atoms with van der Waals surface area (Å²) < 4.78 is 77.2. The summed E-state index contributed by atoms with van der Waals surface area (Å²) in [7, 11) is 0. The van der Waals surface area contributed by atoms with Gasteiger partial charge < -0.3 is 9.52 Å². The van der Waals surface area contributed by atoms with Gasteiger partial charge in [0.15, 0.2) is 0 Å². The van der Waals surface area contributed by atoms with E-state index in [0.29, 0.717) is 5.56 Å². The zero-order valence-corrected chi connectivity index (χ0v) is 14.0. The number of nitrogens with one attached hydrogen (secondary N) is 1. The Morgan fingerprint density at radius 3 is 1.66 bits per heavy atom. The number of benzene rings is 2. The van der Waals surface area contributed by atoms with Gasteiger partial charge in [0.25, 0.3) is 0 Å². The Kier molecular flexibility index (Phi) is 6.15. The van der Waals surface area contributed by atoms with Crippen molar-refractivity contribution in [2.24, 2.45) is 0 Å². The molecule has 0 aliphatic heterocycles. The molecule has 12 heteroatoms. The van der Waals surface area contributed by atoms with Crippen molar-refractivity contribution in [3.63, 3.8) is 0 Å². The lowest BCUT2D eigenvalue weighted by atomic mass is 10.1. The van der Waals surface area contributed by atoms with Gasteiger partial charge in [0.2, 0.25) is 5.89 Å². The van der Waals surface area contributed by atoms with Crippen LogP contribution in [-0.2, 0) is 12.4 Å². The largest absolute Gasteiger partial charge is 0.478 e. The molecule has 2 aromatic carbocycles. The molecule has 0 aliphatic carbocycles. The van der Waals surface area contributed by atoms with Gasteiger partial charge in [-0.25, -0.2) is 14.7 Å². The number of nitrogens with zero attached hydrogens (tertiary/aromatic N) is 1. The smallest absolute Gasteiger partial charge is 0.434 e. The number of halogens is 6. The van der Waals surface area contributed by atoms with Crippen LogP contribution >= 0.6 is 0 Å². The minimum absolute atomic E-state index is 0.0428. The molecule has 0 saturated carbocycles. The molecule has 0 unspecified atom stereocenters. The average Bonchev–Trinajstić information content (AvgIpc) is 3.07. The summed E-state index contributed by atoms with van der Waals surface area (Å²) in [4.78, 5) is 20.9. The van der Waals surface area contributed by atoms with Crippen LogP contribution in [0.2, 0.25) is 0 Å². The number of hydrogen-bond donors (Lipinski definition) is 2. The van der Waals surface area contributed by atoms with Crippen molar-refractivity contribution in [2.75, 3.05) is 0 Å². The van der Waals surface area contributed by atoms with E-state index in [4.69, 9.17) is 5.11 Å². The molecule has 0 spiro atoms. The van der Waals surface area contributed by atoms with E-state index in [-0.39, 0.29) is 11.5 Å². The summed E-state index contributed by atoms with van der Waals surface area (Å²) in [5.41, 5.74) is -1.48. The number of hydrogen-bond acceptors (Lipinski definition) is 4. The van der Waals surface area contributed by atoms with Crippen LogP contribution in [0.4, 0.5) is 26.3 Å². The van der Waals surface area contributed by atoms with E-state index in [1.165, 1.54) is 12.1 Å². The van der Waals surface area contributed by atoms with Crippen LogP contribution in [0.5, 0.6) is 0 Å². The lowest BCUT2D eigenvalue weighted by Gasteiger charge is -2.05. The second-order valence-corrected chi connectivity index (χ2v) is 5.37. The fourth-order valence-electron chi connectivity index (χ4n) is 1.96. The molecule has 0 radical (unpaired) electrons. The normalized spacial score (nSPS) is 11.5. The molecule has 3 rings (SSSR count). The Bertz CT molecular complexity index is 1020. The third kappa shape index (κ3) is 5.96. The van der Waals surface area contributed by atoms with Gasteiger partial charge in [-0.2, -0.15) is 26.3 Å². The predicted octanol–water partition coefficient (Wildman–Crippen LogP) is 4.45. The van der Waals surface area contributed by atoms with E-state index in [1.54, 1.807) is 0 Å². The first-order valence-corrected chi connectivity index (χ1v) is 7.51. The molecule has 0 saturated heterocycles. The van der Waals surface area contributed by atoms with Crippen LogP contribution < -0.4 is 5.76 Å². The SMILES string of the molecule is O=C(O)c1ccc(C(F)(F)F)cc1.O=c1[nH]nc(-c2ccc(C(F)(F)F)cc2)o1. The number of aromatic amines is 1. The van der Waals surface area contributed by atoms with Crippen molar-refractivity contribution in [3.8, 4) is 11.5 Å². The molecule has 0 fully saturated rings. The first kappa shape index (κ1) is 21.7. The zero-order valence-electron chi connectivity index (χ0n) is 14.0. The average molecular weight is 420 g/mol. The standard InChI is InChI=1S/C9H5F3N2O2.C8H5F3O2/c10-9(11,12)6-3-1-5(2-4-6)7-13-14-8(15)16-7;9-8(10,11)6-3-1-5(2-4-6)7(12)13/h1-4H,(H,14,15);1-4H,(H,12,13). The molecule has 6 nitrogen and oxygen atoms in total. The highest BCUT2D eigenvalue weighted by molar-refractivity contribution is 5.87. The fourth-order valence-corrected chi connectivity index (χ4v) is 1.96. The second-order valence-electron chi connectivity index (χ2n) is 5.37.